The number of rotatable bonds is 6. The number of nitrogens with zero attached hydrogens (tertiary/aromatic N) is 2. The Hall–Kier alpha value is -2.38. The number of amides is 1. The SMILES string of the molecule is Cc1cc(Cl)ccc1N(CC(=O)NN=C1CCCCCCCCCCC1)S(=O)(=O)c1ccccc1. The molecule has 0 atom stereocenters. The van der Waals surface area contributed by atoms with Gasteiger partial charge >= 0.3 is 0 Å². The van der Waals surface area contributed by atoms with Crippen LogP contribution in [0.15, 0.2) is 58.5 Å². The molecule has 1 aliphatic carbocycles. The number of aryl methyl sites for hydroxylation is 1. The normalized spacial score (nSPS) is 16.0. The Morgan fingerprint density at radius 2 is 1.49 bits per heavy atom. The van der Waals surface area contributed by atoms with Gasteiger partial charge < -0.3 is 0 Å². The second-order valence-corrected chi connectivity index (χ2v) is 11.4. The highest BCUT2D eigenvalue weighted by atomic mass is 35.5. The number of hydrogen-bond donors (Lipinski definition) is 1. The van der Waals surface area contributed by atoms with Crippen LogP contribution in [-0.4, -0.2) is 26.6 Å². The fraction of sp³-hybridized carbons (Fsp3) is 0.481. The van der Waals surface area contributed by atoms with Crippen LogP contribution in [0.25, 0.3) is 0 Å². The first-order chi connectivity index (χ1) is 16.9. The van der Waals surface area contributed by atoms with E-state index in [9.17, 15) is 13.2 Å². The maximum Gasteiger partial charge on any atom is 0.264 e. The van der Waals surface area contributed by atoms with Crippen LogP contribution < -0.4 is 9.73 Å². The Morgan fingerprint density at radius 3 is 2.06 bits per heavy atom. The standard InChI is InChI=1S/C27H36ClN3O3S/c1-22-20-23(28)18-19-26(22)31(35(33,34)25-16-12-9-13-17-25)21-27(32)30-29-24-14-10-7-5-3-2-4-6-8-11-15-24/h9,12-13,16-20H,2-8,10-11,14-15,21H2,1H3,(H,30,32). The van der Waals surface area contributed by atoms with Crippen LogP contribution in [0.2, 0.25) is 5.02 Å². The Labute approximate surface area is 214 Å². The van der Waals surface area contributed by atoms with Crippen molar-refractivity contribution in [1.29, 1.82) is 0 Å². The Bertz CT molecular complexity index is 1090. The zero-order chi connectivity index (χ0) is 25.1. The molecule has 0 heterocycles. The maximum absolute atomic E-state index is 13.5. The van der Waals surface area contributed by atoms with Crippen LogP contribution in [0.4, 0.5) is 5.69 Å². The van der Waals surface area contributed by atoms with Gasteiger partial charge in [-0.1, -0.05) is 74.7 Å². The molecule has 0 spiro atoms. The molecule has 35 heavy (non-hydrogen) atoms. The van der Waals surface area contributed by atoms with Gasteiger partial charge in [-0.15, -0.1) is 0 Å². The van der Waals surface area contributed by atoms with Gasteiger partial charge in [-0.2, -0.15) is 5.10 Å². The Balaban J connectivity index is 1.78. The molecule has 190 valence electrons. The number of carbonyl (C=O) groups is 1. The molecule has 0 aromatic heterocycles. The van der Waals surface area contributed by atoms with Crippen molar-refractivity contribution < 1.29 is 13.2 Å². The highest BCUT2D eigenvalue weighted by Gasteiger charge is 2.28. The van der Waals surface area contributed by atoms with Gasteiger partial charge in [0.1, 0.15) is 6.54 Å². The molecule has 2 aromatic carbocycles. The number of halogens is 1. The summed E-state index contributed by atoms with van der Waals surface area (Å²) >= 11 is 6.10. The highest BCUT2D eigenvalue weighted by molar-refractivity contribution is 7.92. The third kappa shape index (κ3) is 8.36. The van der Waals surface area contributed by atoms with Crippen molar-refractivity contribution in [2.24, 2.45) is 5.10 Å². The van der Waals surface area contributed by atoms with E-state index in [1.54, 1.807) is 43.3 Å². The molecule has 0 bridgehead atoms. The van der Waals surface area contributed by atoms with E-state index >= 15 is 0 Å². The van der Waals surface area contributed by atoms with Crippen LogP contribution >= 0.6 is 11.6 Å². The summed E-state index contributed by atoms with van der Waals surface area (Å²) in [6, 6.07) is 13.1. The summed E-state index contributed by atoms with van der Waals surface area (Å²) in [6.07, 6.45) is 12.6. The molecule has 3 rings (SSSR count). The van der Waals surface area contributed by atoms with E-state index in [2.05, 4.69) is 10.5 Å². The van der Waals surface area contributed by atoms with Crippen molar-refractivity contribution in [2.75, 3.05) is 10.8 Å². The zero-order valence-corrected chi connectivity index (χ0v) is 22.1. The van der Waals surface area contributed by atoms with Gasteiger partial charge in [-0.05, 0) is 68.5 Å². The van der Waals surface area contributed by atoms with E-state index in [-0.39, 0.29) is 11.4 Å². The van der Waals surface area contributed by atoms with E-state index in [1.807, 2.05) is 0 Å². The molecule has 0 saturated heterocycles. The summed E-state index contributed by atoms with van der Waals surface area (Å²) in [5.41, 5.74) is 4.69. The van der Waals surface area contributed by atoms with E-state index in [4.69, 9.17) is 11.6 Å². The summed E-state index contributed by atoms with van der Waals surface area (Å²) in [5.74, 6) is -0.475. The third-order valence-corrected chi connectivity index (χ3v) is 8.32. The summed E-state index contributed by atoms with van der Waals surface area (Å²) < 4.78 is 28.1. The minimum absolute atomic E-state index is 0.118. The molecule has 8 heteroatoms. The molecule has 1 fully saturated rings. The zero-order valence-electron chi connectivity index (χ0n) is 20.5. The van der Waals surface area contributed by atoms with Crippen LogP contribution in [-0.2, 0) is 14.8 Å². The van der Waals surface area contributed by atoms with Gasteiger partial charge in [-0.25, -0.2) is 13.8 Å². The van der Waals surface area contributed by atoms with Gasteiger partial charge in [0.05, 0.1) is 10.6 Å². The smallest absolute Gasteiger partial charge is 0.264 e. The van der Waals surface area contributed by atoms with Crippen molar-refractivity contribution in [1.82, 2.24) is 5.43 Å². The second-order valence-electron chi connectivity index (χ2n) is 9.15. The monoisotopic (exact) mass is 517 g/mol. The van der Waals surface area contributed by atoms with Crippen LogP contribution in [0.3, 0.4) is 0 Å². The van der Waals surface area contributed by atoms with E-state index in [0.29, 0.717) is 16.3 Å². The fourth-order valence-electron chi connectivity index (χ4n) is 4.36. The lowest BCUT2D eigenvalue weighted by Crippen LogP contribution is -2.40. The lowest BCUT2D eigenvalue weighted by Gasteiger charge is -2.25. The molecule has 2 aromatic rings. The number of carbonyl (C=O) groups excluding carboxylic acids is 1. The Morgan fingerprint density at radius 1 is 0.914 bits per heavy atom. The fourth-order valence-corrected chi connectivity index (χ4v) is 6.09. The van der Waals surface area contributed by atoms with E-state index in [1.165, 1.54) is 57.1 Å². The van der Waals surface area contributed by atoms with Gasteiger partial charge in [0, 0.05) is 10.7 Å². The topological polar surface area (TPSA) is 78.8 Å². The molecule has 0 radical (unpaired) electrons. The largest absolute Gasteiger partial charge is 0.271 e. The van der Waals surface area contributed by atoms with Crippen molar-refractivity contribution in [3.63, 3.8) is 0 Å². The number of hydrazone groups is 1. The average molecular weight is 518 g/mol. The lowest BCUT2D eigenvalue weighted by molar-refractivity contribution is -0.119. The maximum atomic E-state index is 13.5. The Kier molecular flexibility index (Phi) is 10.6. The number of sulfonamides is 1. The van der Waals surface area contributed by atoms with Crippen molar-refractivity contribution in [3.05, 3.63) is 59.1 Å². The number of hydrogen-bond acceptors (Lipinski definition) is 4. The number of benzene rings is 2. The molecule has 0 unspecified atom stereocenters. The predicted molar refractivity (Wildman–Crippen MR) is 144 cm³/mol. The van der Waals surface area contributed by atoms with Crippen LogP contribution in [0.5, 0.6) is 0 Å². The minimum atomic E-state index is -3.97. The summed E-state index contributed by atoms with van der Waals surface area (Å²) in [6.45, 7) is 1.40. The third-order valence-electron chi connectivity index (χ3n) is 6.32. The first-order valence-electron chi connectivity index (χ1n) is 12.6. The van der Waals surface area contributed by atoms with E-state index in [0.717, 1.165) is 35.7 Å². The summed E-state index contributed by atoms with van der Waals surface area (Å²) in [5, 5.41) is 4.93. The molecule has 1 amide bonds. The average Bonchev–Trinajstić information content (AvgIpc) is 2.83. The van der Waals surface area contributed by atoms with Crippen molar-refractivity contribution in [2.45, 2.75) is 82.4 Å². The summed E-state index contributed by atoms with van der Waals surface area (Å²) in [4.78, 5) is 13.1. The molecule has 1 N–H and O–H groups in total. The van der Waals surface area contributed by atoms with Gasteiger partial charge in [0.25, 0.3) is 15.9 Å². The molecule has 1 saturated carbocycles. The molecular weight excluding hydrogens is 482 g/mol. The summed E-state index contributed by atoms with van der Waals surface area (Å²) in [7, 11) is -3.97. The predicted octanol–water partition coefficient (Wildman–Crippen LogP) is 6.62. The van der Waals surface area contributed by atoms with Gasteiger partial charge in [0.2, 0.25) is 0 Å². The van der Waals surface area contributed by atoms with Crippen LogP contribution in [0.1, 0.15) is 76.2 Å². The minimum Gasteiger partial charge on any atom is -0.271 e. The lowest BCUT2D eigenvalue weighted by atomic mass is 10.00. The first kappa shape index (κ1) is 27.2. The van der Waals surface area contributed by atoms with Crippen LogP contribution in [0, 0.1) is 6.92 Å². The van der Waals surface area contributed by atoms with Crippen molar-refractivity contribution in [3.8, 4) is 0 Å². The second kappa shape index (κ2) is 13.6. The highest BCUT2D eigenvalue weighted by Crippen LogP contribution is 2.28. The van der Waals surface area contributed by atoms with Gasteiger partial charge in [0.15, 0.2) is 0 Å². The molecule has 6 nitrogen and oxygen atoms in total. The van der Waals surface area contributed by atoms with Crippen molar-refractivity contribution >= 4 is 38.9 Å². The quantitative estimate of drug-likeness (QED) is 0.437. The molecular formula is C27H36ClN3O3S. The number of anilines is 1. The number of nitrogens with one attached hydrogen (secondary N) is 1. The molecule has 0 aliphatic heterocycles. The first-order valence-corrected chi connectivity index (χ1v) is 14.4. The van der Waals surface area contributed by atoms with E-state index < -0.39 is 15.9 Å². The van der Waals surface area contributed by atoms with Gasteiger partial charge in [-0.3, -0.25) is 9.10 Å². The molecule has 1 aliphatic rings.